The lowest BCUT2D eigenvalue weighted by molar-refractivity contribution is -0.204. The fraction of sp³-hybridized carbons (Fsp3) is 0.591. The highest BCUT2D eigenvalue weighted by atomic mass is 35.5. The second-order valence-electron chi connectivity index (χ2n) is 9.58. The monoisotopic (exact) mass is 386 g/mol. The van der Waals surface area contributed by atoms with Gasteiger partial charge in [0.15, 0.2) is 0 Å². The third-order valence-corrected chi connectivity index (χ3v) is 7.70. The molecule has 4 nitrogen and oxygen atoms in total. The predicted octanol–water partition coefficient (Wildman–Crippen LogP) is 4.55. The number of hydrogen-bond acceptors (Lipinski definition) is 2. The van der Waals surface area contributed by atoms with E-state index >= 15 is 0 Å². The summed E-state index contributed by atoms with van der Waals surface area (Å²) in [6.45, 7) is 2.70. The van der Waals surface area contributed by atoms with Crippen LogP contribution in [0.25, 0.3) is 10.9 Å². The van der Waals surface area contributed by atoms with Crippen molar-refractivity contribution in [3.8, 4) is 0 Å². The average molecular weight is 387 g/mol. The topological polar surface area (TPSA) is 65.1 Å². The van der Waals surface area contributed by atoms with Gasteiger partial charge in [0.1, 0.15) is 0 Å². The molecule has 4 bridgehead atoms. The molecule has 0 saturated heterocycles. The summed E-state index contributed by atoms with van der Waals surface area (Å²) in [4.78, 5) is 16.6. The van der Waals surface area contributed by atoms with Crippen LogP contribution in [0, 0.1) is 16.7 Å². The Labute approximate surface area is 164 Å². The maximum Gasteiger partial charge on any atom is 0.226 e. The summed E-state index contributed by atoms with van der Waals surface area (Å²) in [6.07, 6.45) is 6.51. The Hall–Kier alpha value is -1.52. The van der Waals surface area contributed by atoms with Crippen molar-refractivity contribution in [2.75, 3.05) is 0 Å². The lowest BCUT2D eigenvalue weighted by Gasteiger charge is -2.64. The Morgan fingerprint density at radius 2 is 2.11 bits per heavy atom. The first-order valence-electron chi connectivity index (χ1n) is 10.1. The maximum atomic E-state index is 13.3. The molecule has 4 atom stereocenters. The number of H-pyrrole nitrogens is 1. The molecule has 0 spiro atoms. The van der Waals surface area contributed by atoms with Crippen LogP contribution in [0.2, 0.25) is 5.02 Å². The standard InChI is InChI=1S/C22H27ClN2O2/c1-2-20-7-14-8-21(11-20,13-22(27,9-14)12-20)19(26)24-10-17-6-15-5-16(23)3-4-18(15)25-17/h3-6,14,25,27H,2,7-13H2,1H3,(H,24,26). The molecule has 4 aliphatic carbocycles. The molecule has 4 fully saturated rings. The van der Waals surface area contributed by atoms with E-state index in [-0.39, 0.29) is 16.7 Å². The molecule has 4 aliphatic rings. The second kappa shape index (κ2) is 5.74. The first-order valence-corrected chi connectivity index (χ1v) is 10.5. The van der Waals surface area contributed by atoms with E-state index in [0.29, 0.717) is 23.9 Å². The molecule has 3 N–H and O–H groups in total. The molecule has 1 aromatic carbocycles. The highest BCUT2D eigenvalue weighted by Crippen LogP contribution is 2.67. The molecule has 1 aromatic heterocycles. The summed E-state index contributed by atoms with van der Waals surface area (Å²) in [5, 5.41) is 16.1. The average Bonchev–Trinajstić information content (AvgIpc) is 2.99. The molecule has 0 aliphatic heterocycles. The van der Waals surface area contributed by atoms with Crippen LogP contribution in [0.1, 0.15) is 57.6 Å². The molecule has 1 amide bonds. The van der Waals surface area contributed by atoms with Crippen molar-refractivity contribution in [3.05, 3.63) is 35.0 Å². The van der Waals surface area contributed by atoms with Gasteiger partial charge in [0.2, 0.25) is 5.91 Å². The van der Waals surface area contributed by atoms with Gasteiger partial charge in [-0.15, -0.1) is 0 Å². The molecule has 1 heterocycles. The third kappa shape index (κ3) is 2.80. The Morgan fingerprint density at radius 1 is 1.26 bits per heavy atom. The van der Waals surface area contributed by atoms with E-state index in [0.717, 1.165) is 48.7 Å². The van der Waals surface area contributed by atoms with E-state index in [4.69, 9.17) is 11.6 Å². The number of carbonyl (C=O) groups is 1. The molecule has 4 unspecified atom stereocenters. The van der Waals surface area contributed by atoms with Gasteiger partial charge < -0.3 is 15.4 Å². The largest absolute Gasteiger partial charge is 0.390 e. The van der Waals surface area contributed by atoms with Gasteiger partial charge >= 0.3 is 0 Å². The Bertz CT molecular complexity index is 924. The van der Waals surface area contributed by atoms with Crippen LogP contribution in [0.3, 0.4) is 0 Å². The smallest absolute Gasteiger partial charge is 0.226 e. The molecular weight excluding hydrogens is 360 g/mol. The number of aromatic nitrogens is 1. The minimum absolute atomic E-state index is 0.125. The minimum atomic E-state index is -0.634. The number of aromatic amines is 1. The molecule has 5 heteroatoms. The molecule has 6 rings (SSSR count). The van der Waals surface area contributed by atoms with Crippen molar-refractivity contribution < 1.29 is 9.90 Å². The number of hydrogen-bond donors (Lipinski definition) is 3. The van der Waals surface area contributed by atoms with E-state index in [1.807, 2.05) is 24.3 Å². The Balaban J connectivity index is 1.36. The van der Waals surface area contributed by atoms with Crippen LogP contribution >= 0.6 is 11.6 Å². The Kier molecular flexibility index (Phi) is 3.74. The number of nitrogens with one attached hydrogen (secondary N) is 2. The van der Waals surface area contributed by atoms with Crippen molar-refractivity contribution >= 4 is 28.4 Å². The van der Waals surface area contributed by atoms with Crippen molar-refractivity contribution in [1.82, 2.24) is 10.3 Å². The SMILES string of the molecule is CCC12CC3CC(O)(C1)CC(C(=O)NCc1cc4cc(Cl)ccc4[nH]1)(C3)C2. The first kappa shape index (κ1) is 17.6. The van der Waals surface area contributed by atoms with Gasteiger partial charge in [-0.1, -0.05) is 24.9 Å². The van der Waals surface area contributed by atoms with Gasteiger partial charge in [-0.05, 0) is 74.1 Å². The summed E-state index contributed by atoms with van der Waals surface area (Å²) >= 11 is 6.06. The number of benzene rings is 1. The van der Waals surface area contributed by atoms with E-state index in [2.05, 4.69) is 17.2 Å². The molecule has 0 radical (unpaired) electrons. The van der Waals surface area contributed by atoms with Gasteiger partial charge in [-0.3, -0.25) is 4.79 Å². The number of carbonyl (C=O) groups excluding carboxylic acids is 1. The number of rotatable bonds is 4. The summed E-state index contributed by atoms with van der Waals surface area (Å²) in [6, 6.07) is 7.80. The van der Waals surface area contributed by atoms with Crippen molar-refractivity contribution in [2.24, 2.45) is 16.7 Å². The fourth-order valence-electron chi connectivity index (χ4n) is 6.85. The minimum Gasteiger partial charge on any atom is -0.390 e. The normalized spacial score (nSPS) is 37.1. The molecule has 27 heavy (non-hydrogen) atoms. The van der Waals surface area contributed by atoms with Gasteiger partial charge in [-0.2, -0.15) is 0 Å². The number of halogens is 1. The summed E-state index contributed by atoms with van der Waals surface area (Å²) in [7, 11) is 0. The van der Waals surface area contributed by atoms with E-state index < -0.39 is 5.60 Å². The molecule has 144 valence electrons. The van der Waals surface area contributed by atoms with Crippen LogP contribution < -0.4 is 5.32 Å². The maximum absolute atomic E-state index is 13.3. The number of aliphatic hydroxyl groups is 1. The van der Waals surface area contributed by atoms with Gasteiger partial charge in [0.05, 0.1) is 17.6 Å². The van der Waals surface area contributed by atoms with Gasteiger partial charge in [-0.25, -0.2) is 0 Å². The van der Waals surface area contributed by atoms with Crippen molar-refractivity contribution in [1.29, 1.82) is 0 Å². The van der Waals surface area contributed by atoms with Crippen molar-refractivity contribution in [3.63, 3.8) is 0 Å². The quantitative estimate of drug-likeness (QED) is 0.721. The predicted molar refractivity (Wildman–Crippen MR) is 106 cm³/mol. The third-order valence-electron chi connectivity index (χ3n) is 7.46. The summed E-state index contributed by atoms with van der Waals surface area (Å²) in [5.74, 6) is 0.617. The van der Waals surface area contributed by atoms with Crippen LogP contribution in [-0.4, -0.2) is 21.6 Å². The zero-order valence-corrected chi connectivity index (χ0v) is 16.5. The molecule has 4 saturated carbocycles. The summed E-state index contributed by atoms with van der Waals surface area (Å²) in [5.41, 5.74) is 1.14. The highest BCUT2D eigenvalue weighted by molar-refractivity contribution is 6.31. The van der Waals surface area contributed by atoms with Gasteiger partial charge in [0, 0.05) is 21.6 Å². The first-order chi connectivity index (χ1) is 12.8. The van der Waals surface area contributed by atoms with Crippen LogP contribution in [-0.2, 0) is 11.3 Å². The zero-order chi connectivity index (χ0) is 18.9. The van der Waals surface area contributed by atoms with Gasteiger partial charge in [0.25, 0.3) is 0 Å². The lowest BCUT2D eigenvalue weighted by atomic mass is 9.42. The highest BCUT2D eigenvalue weighted by Gasteiger charge is 2.64. The van der Waals surface area contributed by atoms with Crippen LogP contribution in [0.5, 0.6) is 0 Å². The van der Waals surface area contributed by atoms with Crippen molar-refractivity contribution in [2.45, 2.75) is 64.0 Å². The van der Waals surface area contributed by atoms with Crippen LogP contribution in [0.15, 0.2) is 24.3 Å². The van der Waals surface area contributed by atoms with E-state index in [1.165, 1.54) is 6.42 Å². The van der Waals surface area contributed by atoms with Crippen LogP contribution in [0.4, 0.5) is 0 Å². The molecular formula is C22H27ClN2O2. The van der Waals surface area contributed by atoms with E-state index in [1.54, 1.807) is 0 Å². The Morgan fingerprint density at radius 3 is 2.89 bits per heavy atom. The zero-order valence-electron chi connectivity index (χ0n) is 15.8. The molecule has 2 aromatic rings. The number of fused-ring (bicyclic) bond motifs is 1. The number of amides is 1. The summed E-state index contributed by atoms with van der Waals surface area (Å²) < 4.78 is 0. The van der Waals surface area contributed by atoms with E-state index in [9.17, 15) is 9.90 Å². The lowest BCUT2D eigenvalue weighted by Crippen LogP contribution is -2.63. The fourth-order valence-corrected chi connectivity index (χ4v) is 7.04. The second-order valence-corrected chi connectivity index (χ2v) is 10.0.